The molecule has 1 unspecified atom stereocenters. The predicted octanol–water partition coefficient (Wildman–Crippen LogP) is 14.8. The van der Waals surface area contributed by atoms with Crippen molar-refractivity contribution in [2.45, 2.75) is 168 Å². The van der Waals surface area contributed by atoms with Gasteiger partial charge in [-0.15, -0.1) is 47.6 Å². The van der Waals surface area contributed by atoms with Gasteiger partial charge in [0.1, 0.15) is 46.9 Å². The number of aliphatic carboxylic acids is 1. The van der Waals surface area contributed by atoms with Crippen molar-refractivity contribution in [3.8, 4) is 29.1 Å². The maximum absolute atomic E-state index is 14.1. The number of hydrogen-bond acceptors (Lipinski definition) is 37. The van der Waals surface area contributed by atoms with Gasteiger partial charge < -0.3 is 85.8 Å². The van der Waals surface area contributed by atoms with E-state index >= 15 is 0 Å². The molecule has 15 atom stereocenters. The molecule has 0 amide bonds. The first kappa shape index (κ1) is 145. The van der Waals surface area contributed by atoms with Crippen molar-refractivity contribution in [3.63, 3.8) is 0 Å². The van der Waals surface area contributed by atoms with E-state index in [4.69, 9.17) is 143 Å². The van der Waals surface area contributed by atoms with Gasteiger partial charge in [0.25, 0.3) is 3.79 Å². The molecule has 141 heavy (non-hydrogen) atoms. The number of methoxy groups -OCH3 is 4. The number of nitrogens with zero attached hydrogens (tertiary/aromatic N) is 1. The topological polar surface area (TPSA) is 460 Å². The number of hydrogen-bond donors (Lipinski definition) is 4. The summed E-state index contributed by atoms with van der Waals surface area (Å²) in [5, 5.41) is 42.3. The molecule has 6 aromatic rings. The second kappa shape index (κ2) is 75.5. The average molecular weight is 2960 g/mol. The van der Waals surface area contributed by atoms with Gasteiger partial charge in [-0.05, 0) is 127 Å². The Balaban J connectivity index is -0.000000363. The summed E-state index contributed by atoms with van der Waals surface area (Å²) in [4.78, 5) is 9.62. The molecule has 0 aliphatic carbocycles. The van der Waals surface area contributed by atoms with E-state index in [0.29, 0.717) is 71.6 Å². The summed E-state index contributed by atoms with van der Waals surface area (Å²) in [6.07, 6.45) is 0.766. The number of alkyl halides is 3. The molecule has 6 aromatic carbocycles. The summed E-state index contributed by atoms with van der Waals surface area (Å²) in [5.41, 5.74) is 3.22. The van der Waals surface area contributed by atoms with Gasteiger partial charge >= 0.3 is 323 Å². The predicted molar refractivity (Wildman–Crippen MR) is 554 cm³/mol. The Morgan fingerprint density at radius 2 is 0.752 bits per heavy atom. The number of phosphoric acid groups is 2. The van der Waals surface area contributed by atoms with Crippen LogP contribution in [0.25, 0.3) is 0 Å². The molecule has 768 valence electrons. The molecular weight excluding hydrogens is 2830 g/mol. The van der Waals surface area contributed by atoms with Gasteiger partial charge in [-0.2, -0.15) is 5.26 Å². The van der Waals surface area contributed by atoms with Gasteiger partial charge in [-0.3, -0.25) is 27.1 Å². The number of phosphoric ester groups is 2. The first-order valence-corrected chi connectivity index (χ1v) is 57.0. The Morgan fingerprint density at radius 1 is 0.468 bits per heavy atom. The van der Waals surface area contributed by atoms with Crippen molar-refractivity contribution >= 4 is 417 Å². The first-order chi connectivity index (χ1) is 63.8. The molecule has 0 bridgehead atoms. The van der Waals surface area contributed by atoms with Crippen LogP contribution in [0.5, 0.6) is 23.0 Å². The van der Waals surface area contributed by atoms with Gasteiger partial charge in [0.05, 0.1) is 135 Å². The number of benzene rings is 6. The number of carbonyl (C=O) groups is 1. The van der Waals surface area contributed by atoms with Crippen LogP contribution in [0.3, 0.4) is 0 Å². The Kier molecular flexibility index (Phi) is 77.9. The summed E-state index contributed by atoms with van der Waals surface area (Å²) in [5.74, 6) is 1.76. The molecule has 6 heterocycles. The summed E-state index contributed by atoms with van der Waals surface area (Å²) in [7, 11) is -11.6. The SMILES string of the molecule is C.CC#N.CC[C@H]1O[CH-]C[C@H]1O[P+](=O)OC[C@H]1O[CH-]C[C@H]1OC(c1ccccc1)(c1ccc(OC)cc1)c1ccc(OC)cc1.CC[C@H]1O[CH-]C[C@H]1O[P@@](=O)(OCCSS(C)(=O)=O)OC[C@H]1O[CH-]C[C@H]1OC(c1ccccc1)(c1ccc(OC)cc1)c1ccc(OC)cc1.CS(=O)(=O)SCCO.CS(=O)(=O)SCCO[P@@](=O)(OC[C@H]1O[CH-]C[C@H]1O)O[C@@H]1C[CH-]O[C@@H]1CO.O=C(O)C(Cl)(Cl)Cl.[Ba+2].[Ba+2].[Ba+2].[Ba+2].[Ba+2].[Ba+2].[H-].[H-].[H-].[H-].[H-].[H-]. The van der Waals surface area contributed by atoms with Crippen LogP contribution < -0.4 is 18.9 Å². The largest absolute Gasteiger partial charge is 2.00 e. The molecule has 0 spiro atoms. The van der Waals surface area contributed by atoms with Gasteiger partial charge in [0, 0.05) is 53.6 Å². The van der Waals surface area contributed by atoms with Crippen molar-refractivity contribution in [3.05, 3.63) is 231 Å². The van der Waals surface area contributed by atoms with Gasteiger partial charge in [0.2, 0.25) is 0 Å². The van der Waals surface area contributed by atoms with Crippen molar-refractivity contribution in [2.24, 2.45) is 0 Å². The van der Waals surface area contributed by atoms with Crippen LogP contribution in [0.1, 0.15) is 122 Å². The molecule has 12 rings (SSSR count). The van der Waals surface area contributed by atoms with Crippen LogP contribution in [-0.4, -0.2) is 533 Å². The molecule has 4 N–H and O–H groups in total. The van der Waals surface area contributed by atoms with E-state index in [1.54, 1.807) is 60.9 Å². The van der Waals surface area contributed by atoms with Crippen molar-refractivity contribution in [2.75, 3.05) is 111 Å². The van der Waals surface area contributed by atoms with Crippen LogP contribution in [-0.2, 0) is 130 Å². The van der Waals surface area contributed by atoms with Crippen molar-refractivity contribution < 1.29 is 166 Å². The second-order valence-corrected chi connectivity index (χ2v) is 49.4. The number of carboxylic acid groups (broad SMARTS) is 1. The third kappa shape index (κ3) is 50.7. The zero-order chi connectivity index (χ0) is 98.2. The van der Waals surface area contributed by atoms with E-state index in [0.717, 1.165) is 80.9 Å². The minimum Gasteiger partial charge on any atom is -1.00 e. The zero-order valence-electron chi connectivity index (χ0n) is 85.3. The van der Waals surface area contributed by atoms with Crippen LogP contribution >= 0.6 is 91.1 Å². The Hall–Kier alpha value is 4.48. The fourth-order valence-corrected chi connectivity index (χ4v) is 21.9. The summed E-state index contributed by atoms with van der Waals surface area (Å²) in [6, 6.07) is 52.9. The number of ether oxygens (including phenoxy) is 12. The number of aliphatic hydroxyl groups is 3. The molecule has 53 heteroatoms. The number of halogens is 3. The minimum absolute atomic E-state index is 0. The fourth-order valence-electron chi connectivity index (χ4n) is 13.5. The molecule has 35 nitrogen and oxygen atoms in total. The van der Waals surface area contributed by atoms with E-state index in [-0.39, 0.29) is 398 Å². The molecule has 6 aliphatic heterocycles. The maximum atomic E-state index is 14.1. The number of carboxylic acids is 1. The quantitative estimate of drug-likeness (QED) is 0.00524. The number of rotatable bonds is 45. The van der Waals surface area contributed by atoms with Crippen LogP contribution in [0.4, 0.5) is 0 Å². The standard InChI is InChI=1S/C35H43O11PS2.C32H36O8P.C13H23O10PS2.C3H8O3S2.C2HCl3O2.C2H3N.CH4.6Ba.6H/c1-5-31-33(20-22-41-31)46-47(36,43-23-24-48-49(4,37)38)44-25-34-32(19-21-42-34)45-35(26-9-7-6-8-10-26,27-11-15-29(39-2)16-12-27)28-13-17-30(40-3)18-14-28;1-4-28-30(19-21-36-28)40-41(33)38-22-31-29(18-20-37-31)39-32(23-8-6-5-7-9-23,24-10-14-26(34-2)15-11-24)25-12-16-27(35-3)17-13-25;1-26(17,18)25-7-6-21-24(16,22-9-13-10(15)2-4-20-13)23-11-3-5-19-12(11)8-14;1-8(5,6)7-3-2-4;3-2(4,5)1(6)7;1-2-3;;;;;;;;;;;;;/h6-18,21-22,31-34H,5,19-20,23-25H2,1-4H3;5-17,20-21,28-31H,4,18-19,22H2,1-3H3;4-5,10-15H,2-3,6-9H2,1H3;4H,2-3H2,1H3;(H,6,7);1H3;1H4;;;;;;;;;;;;/q-2;-1;-2;;;;;6*+2;6*-1/t31-,32-,33-,34-,47+;28-,29-,30-,31-;10-,11-,12-,13-,24+;;;;;;;;;;;;;;;;/m111................/s1. The summed E-state index contributed by atoms with van der Waals surface area (Å²) in [6.45, 7) is 13.7. The first-order valence-electron chi connectivity index (χ1n) is 41.6. The smallest absolute Gasteiger partial charge is 1.00 e. The van der Waals surface area contributed by atoms with E-state index in [1.165, 1.54) is 20.1 Å². The minimum atomic E-state index is -4.21. The third-order valence-electron chi connectivity index (χ3n) is 19.9. The van der Waals surface area contributed by atoms with Gasteiger partial charge in [-0.25, -0.2) is 78.8 Å². The van der Waals surface area contributed by atoms with E-state index in [1.807, 2.05) is 159 Å². The third-order valence-corrected chi connectivity index (χ3v) is 31.8. The monoisotopic (exact) mass is 2960 g/mol. The second-order valence-electron chi connectivity index (χ2n) is 29.3. The Labute approximate surface area is 1110 Å². The maximum Gasteiger partial charge on any atom is 2.00 e. The van der Waals surface area contributed by atoms with Crippen molar-refractivity contribution in [1.29, 1.82) is 5.26 Å². The molecular formula is C88H124Ba6Cl3NO34P3S6+. The summed E-state index contributed by atoms with van der Waals surface area (Å²) >= 11 is 14.4. The van der Waals surface area contributed by atoms with E-state index in [2.05, 4.69) is 12.1 Å². The van der Waals surface area contributed by atoms with Crippen molar-refractivity contribution in [1.82, 2.24) is 0 Å². The van der Waals surface area contributed by atoms with Crippen LogP contribution in [0.2, 0.25) is 0 Å². The van der Waals surface area contributed by atoms with E-state index < -0.39 is 126 Å². The molecule has 6 aliphatic rings. The fraction of sp³-hybridized carbons (Fsp3) is 0.500. The zero-order valence-corrected chi connectivity index (χ0v) is 116. The molecule has 6 fully saturated rings. The Bertz CT molecular complexity index is 4960. The number of aliphatic hydroxyl groups excluding tert-OH is 3. The average Bonchev–Trinajstić information content (AvgIpc) is 1.60. The normalized spacial score (nSPS) is 21.7. The molecule has 0 radical (unpaired) electrons. The molecule has 6 saturated heterocycles. The van der Waals surface area contributed by atoms with Gasteiger partial charge in [0.15, 0.2) is 26.6 Å². The summed E-state index contributed by atoms with van der Waals surface area (Å²) < 4.78 is 218. The molecule has 0 aromatic heterocycles. The molecule has 0 saturated carbocycles. The number of nitriles is 1. The van der Waals surface area contributed by atoms with Crippen LogP contribution in [0.15, 0.2) is 158 Å². The van der Waals surface area contributed by atoms with E-state index in [9.17, 15) is 54.0 Å². The van der Waals surface area contributed by atoms with Gasteiger partial charge in [-0.1, -0.05) is 165 Å². The Morgan fingerprint density at radius 3 is 1.06 bits per heavy atom. The van der Waals surface area contributed by atoms with Crippen LogP contribution in [0, 0.1) is 51.0 Å².